The second kappa shape index (κ2) is 6.76. The Bertz CT molecular complexity index is 241. The Kier molecular flexibility index (Phi) is 5.00. The van der Waals surface area contributed by atoms with E-state index in [-0.39, 0.29) is 0 Å². The lowest BCUT2D eigenvalue weighted by Gasteiger charge is -2.34. The first kappa shape index (κ1) is 14.8. The van der Waals surface area contributed by atoms with Gasteiger partial charge in [-0.3, -0.25) is 0 Å². The Morgan fingerprint density at radius 2 is 0.800 bits per heavy atom. The molecular weight excluding hydrogens is 246 g/mol. The summed E-state index contributed by atoms with van der Waals surface area (Å²) in [4.78, 5) is 5.72. The van der Waals surface area contributed by atoms with E-state index in [1.165, 1.54) is 97.4 Å². The first-order chi connectivity index (χ1) is 9.73. The van der Waals surface area contributed by atoms with Gasteiger partial charge in [0, 0.05) is 38.5 Å². The van der Waals surface area contributed by atoms with E-state index in [1.54, 1.807) is 0 Å². The Hall–Kier alpha value is -0.120. The van der Waals surface area contributed by atoms with Crippen LogP contribution in [-0.4, -0.2) is 58.9 Å². The summed E-state index contributed by atoms with van der Waals surface area (Å²) in [6.07, 6.45) is 8.82. The molecule has 3 nitrogen and oxygen atoms in total. The zero-order valence-electron chi connectivity index (χ0n) is 13.6. The van der Waals surface area contributed by atoms with Crippen molar-refractivity contribution in [3.63, 3.8) is 0 Å². The van der Waals surface area contributed by atoms with Gasteiger partial charge in [-0.15, -0.1) is 0 Å². The SMILES string of the molecule is CC(C[NH+]1CCCC1)(C[NH+]1CCCC1)C[NH+]1CCCC1. The van der Waals surface area contributed by atoms with Crippen LogP contribution < -0.4 is 14.7 Å². The van der Waals surface area contributed by atoms with Crippen LogP contribution in [0.25, 0.3) is 0 Å². The molecular formula is C17H36N3+3. The van der Waals surface area contributed by atoms with E-state index < -0.39 is 0 Å². The van der Waals surface area contributed by atoms with E-state index >= 15 is 0 Å². The van der Waals surface area contributed by atoms with Gasteiger partial charge in [-0.2, -0.15) is 0 Å². The van der Waals surface area contributed by atoms with E-state index in [4.69, 9.17) is 0 Å². The van der Waals surface area contributed by atoms with Crippen molar-refractivity contribution in [2.24, 2.45) is 5.41 Å². The maximum atomic E-state index is 2.62. The minimum atomic E-state index is 0.582. The van der Waals surface area contributed by atoms with Crippen molar-refractivity contribution in [3.8, 4) is 0 Å². The van der Waals surface area contributed by atoms with Crippen molar-refractivity contribution >= 4 is 0 Å². The van der Waals surface area contributed by atoms with Gasteiger partial charge in [0.2, 0.25) is 0 Å². The molecule has 0 radical (unpaired) electrons. The van der Waals surface area contributed by atoms with Crippen molar-refractivity contribution < 1.29 is 14.7 Å². The summed E-state index contributed by atoms with van der Waals surface area (Å²) in [6.45, 7) is 15.6. The Morgan fingerprint density at radius 1 is 0.550 bits per heavy atom. The number of likely N-dealkylation sites (tertiary alicyclic amines) is 3. The molecule has 0 spiro atoms. The molecule has 0 unspecified atom stereocenters. The summed E-state index contributed by atoms with van der Waals surface area (Å²) in [5.74, 6) is 0. The van der Waals surface area contributed by atoms with Crippen molar-refractivity contribution in [3.05, 3.63) is 0 Å². The normalized spacial score (nSPS) is 26.9. The van der Waals surface area contributed by atoms with Crippen LogP contribution in [0.3, 0.4) is 0 Å². The van der Waals surface area contributed by atoms with Gasteiger partial charge in [0.15, 0.2) is 0 Å². The van der Waals surface area contributed by atoms with Crippen LogP contribution in [0.4, 0.5) is 0 Å². The molecule has 3 aliphatic heterocycles. The topological polar surface area (TPSA) is 13.3 Å². The first-order valence-corrected chi connectivity index (χ1v) is 9.24. The highest BCUT2D eigenvalue weighted by molar-refractivity contribution is 4.73. The standard InChI is InChI=1S/C17H33N3/c1-17(14-18-8-2-3-9-18,15-19-10-4-5-11-19)16-20-12-6-7-13-20/h2-16H2,1H3/p+3. The zero-order chi connectivity index (χ0) is 13.8. The predicted molar refractivity (Wildman–Crippen MR) is 82.5 cm³/mol. The molecule has 0 aromatic rings. The molecule has 116 valence electrons. The summed E-state index contributed by atoms with van der Waals surface area (Å²) in [7, 11) is 0. The largest absolute Gasteiger partial charge is 0.334 e. The van der Waals surface area contributed by atoms with Gasteiger partial charge in [-0.25, -0.2) is 0 Å². The van der Waals surface area contributed by atoms with Crippen LogP contribution in [0.2, 0.25) is 0 Å². The molecule has 3 aliphatic rings. The number of hydrogen-bond acceptors (Lipinski definition) is 0. The number of quaternary nitrogens is 3. The van der Waals surface area contributed by atoms with Crippen molar-refractivity contribution in [2.75, 3.05) is 58.9 Å². The van der Waals surface area contributed by atoms with E-state index in [0.717, 1.165) is 0 Å². The van der Waals surface area contributed by atoms with Gasteiger partial charge in [-0.1, -0.05) is 0 Å². The van der Waals surface area contributed by atoms with Crippen LogP contribution in [0.15, 0.2) is 0 Å². The van der Waals surface area contributed by atoms with E-state index in [9.17, 15) is 0 Å². The molecule has 3 heteroatoms. The minimum absolute atomic E-state index is 0.582. The van der Waals surface area contributed by atoms with Gasteiger partial charge in [-0.05, 0) is 6.92 Å². The summed E-state index contributed by atoms with van der Waals surface area (Å²) >= 11 is 0. The molecule has 0 bridgehead atoms. The third-order valence-corrected chi connectivity index (χ3v) is 5.96. The van der Waals surface area contributed by atoms with Crippen LogP contribution in [0, 0.1) is 5.41 Å². The molecule has 3 N–H and O–H groups in total. The third-order valence-electron chi connectivity index (χ3n) is 5.96. The second-order valence-electron chi connectivity index (χ2n) is 8.21. The Labute approximate surface area is 125 Å². The number of nitrogens with one attached hydrogen (secondary N) is 3. The van der Waals surface area contributed by atoms with Gasteiger partial charge >= 0.3 is 0 Å². The molecule has 3 saturated heterocycles. The summed E-state index contributed by atoms with van der Waals surface area (Å²) in [5.41, 5.74) is 0.582. The molecule has 0 aromatic carbocycles. The molecule has 0 aromatic heterocycles. The number of hydrogen-bond donors (Lipinski definition) is 3. The fourth-order valence-electron chi connectivity index (χ4n) is 5.15. The summed E-state index contributed by atoms with van der Waals surface area (Å²) in [6, 6.07) is 0. The van der Waals surface area contributed by atoms with Crippen molar-refractivity contribution in [1.29, 1.82) is 0 Å². The fraction of sp³-hybridized carbons (Fsp3) is 1.00. The van der Waals surface area contributed by atoms with E-state index in [2.05, 4.69) is 6.92 Å². The van der Waals surface area contributed by atoms with E-state index in [1.807, 2.05) is 14.7 Å². The monoisotopic (exact) mass is 282 g/mol. The Balaban J connectivity index is 1.59. The van der Waals surface area contributed by atoms with Crippen LogP contribution in [0.5, 0.6) is 0 Å². The van der Waals surface area contributed by atoms with Crippen molar-refractivity contribution in [2.45, 2.75) is 45.4 Å². The molecule has 3 fully saturated rings. The lowest BCUT2D eigenvalue weighted by atomic mass is 9.88. The quantitative estimate of drug-likeness (QED) is 0.500. The van der Waals surface area contributed by atoms with Crippen LogP contribution >= 0.6 is 0 Å². The van der Waals surface area contributed by atoms with Crippen LogP contribution in [-0.2, 0) is 0 Å². The predicted octanol–water partition coefficient (Wildman–Crippen LogP) is -1.97. The zero-order valence-corrected chi connectivity index (χ0v) is 13.6. The second-order valence-corrected chi connectivity index (χ2v) is 8.21. The average Bonchev–Trinajstić information content (AvgIpc) is 3.11. The van der Waals surface area contributed by atoms with Crippen molar-refractivity contribution in [1.82, 2.24) is 0 Å². The molecule has 3 heterocycles. The van der Waals surface area contributed by atoms with Gasteiger partial charge in [0.1, 0.15) is 5.41 Å². The highest BCUT2D eigenvalue weighted by atomic mass is 15.2. The molecule has 0 saturated carbocycles. The average molecular weight is 282 g/mol. The van der Waals surface area contributed by atoms with Gasteiger partial charge in [0.25, 0.3) is 0 Å². The van der Waals surface area contributed by atoms with E-state index in [0.29, 0.717) is 5.41 Å². The lowest BCUT2D eigenvalue weighted by molar-refractivity contribution is -0.942. The smallest absolute Gasteiger partial charge is 0.114 e. The molecule has 0 amide bonds. The maximum Gasteiger partial charge on any atom is 0.114 e. The molecule has 20 heavy (non-hydrogen) atoms. The minimum Gasteiger partial charge on any atom is -0.334 e. The highest BCUT2D eigenvalue weighted by Gasteiger charge is 2.40. The maximum absolute atomic E-state index is 2.62. The van der Waals surface area contributed by atoms with Gasteiger partial charge < -0.3 is 14.7 Å². The number of rotatable bonds is 6. The lowest BCUT2D eigenvalue weighted by Crippen LogP contribution is -3.19. The summed E-state index contributed by atoms with van der Waals surface area (Å²) < 4.78 is 0. The molecule has 3 rings (SSSR count). The highest BCUT2D eigenvalue weighted by Crippen LogP contribution is 2.11. The van der Waals surface area contributed by atoms with Crippen LogP contribution in [0.1, 0.15) is 45.4 Å². The third kappa shape index (κ3) is 3.96. The molecule has 0 atom stereocenters. The molecule has 0 aliphatic carbocycles. The Morgan fingerprint density at radius 3 is 1.05 bits per heavy atom. The first-order valence-electron chi connectivity index (χ1n) is 9.24. The fourth-order valence-corrected chi connectivity index (χ4v) is 5.15. The van der Waals surface area contributed by atoms with Gasteiger partial charge in [0.05, 0.1) is 58.9 Å². The summed E-state index contributed by atoms with van der Waals surface area (Å²) in [5, 5.41) is 0.